The van der Waals surface area contributed by atoms with Crippen molar-refractivity contribution in [2.45, 2.75) is 46.6 Å². The van der Waals surface area contributed by atoms with Gasteiger partial charge in [-0.2, -0.15) is 0 Å². The van der Waals surface area contributed by atoms with E-state index < -0.39 is 12.1 Å². The van der Waals surface area contributed by atoms with Gasteiger partial charge in [0.2, 0.25) is 0 Å². The molecule has 0 spiro atoms. The van der Waals surface area contributed by atoms with E-state index >= 15 is 0 Å². The van der Waals surface area contributed by atoms with Crippen molar-refractivity contribution < 1.29 is 14.6 Å². The highest BCUT2D eigenvalue weighted by Gasteiger charge is 2.17. The number of hydrogen-bond acceptors (Lipinski definition) is 2. The fraction of sp³-hybridized carbons (Fsp3) is 0.900. The summed E-state index contributed by atoms with van der Waals surface area (Å²) in [6.07, 6.45) is 0.776. The van der Waals surface area contributed by atoms with Gasteiger partial charge in [0.05, 0.1) is 0 Å². The van der Waals surface area contributed by atoms with Crippen LogP contribution in [-0.2, 0) is 9.53 Å². The van der Waals surface area contributed by atoms with Crippen LogP contribution in [0.2, 0.25) is 0 Å². The Labute approximate surface area is 80.1 Å². The summed E-state index contributed by atoms with van der Waals surface area (Å²) < 4.78 is 5.23. The van der Waals surface area contributed by atoms with Gasteiger partial charge in [0, 0.05) is 6.61 Å². The Kier molecular flexibility index (Phi) is 4.99. The molecule has 0 aliphatic carbocycles. The van der Waals surface area contributed by atoms with Crippen LogP contribution in [0.3, 0.4) is 0 Å². The molecule has 0 aromatic carbocycles. The van der Waals surface area contributed by atoms with Gasteiger partial charge in [0.15, 0.2) is 6.10 Å². The summed E-state index contributed by atoms with van der Waals surface area (Å²) in [5.74, 6) is -0.864. The van der Waals surface area contributed by atoms with Crippen molar-refractivity contribution in [3.05, 3.63) is 0 Å². The van der Waals surface area contributed by atoms with E-state index in [2.05, 4.69) is 20.8 Å². The van der Waals surface area contributed by atoms with Crippen LogP contribution in [0.1, 0.15) is 40.5 Å². The summed E-state index contributed by atoms with van der Waals surface area (Å²) in [5, 5.41) is 8.68. The fourth-order valence-corrected chi connectivity index (χ4v) is 0.871. The SMILES string of the molecule is CCC(OCCC(C)(C)C)C(=O)O. The summed E-state index contributed by atoms with van der Waals surface area (Å²) in [5.41, 5.74) is 0.205. The zero-order valence-electron chi connectivity index (χ0n) is 8.96. The molecule has 3 heteroatoms. The Morgan fingerprint density at radius 3 is 2.31 bits per heavy atom. The van der Waals surface area contributed by atoms with Crippen LogP contribution in [0, 0.1) is 5.41 Å². The van der Waals surface area contributed by atoms with Crippen LogP contribution < -0.4 is 0 Å². The molecule has 1 unspecified atom stereocenters. The van der Waals surface area contributed by atoms with E-state index in [1.54, 1.807) is 0 Å². The van der Waals surface area contributed by atoms with Gasteiger partial charge in [-0.25, -0.2) is 4.79 Å². The van der Waals surface area contributed by atoms with Gasteiger partial charge in [-0.05, 0) is 18.3 Å². The van der Waals surface area contributed by atoms with Crippen LogP contribution in [0.5, 0.6) is 0 Å². The zero-order chi connectivity index (χ0) is 10.5. The number of aliphatic carboxylic acids is 1. The molecule has 0 saturated heterocycles. The van der Waals surface area contributed by atoms with Gasteiger partial charge in [-0.3, -0.25) is 0 Å². The monoisotopic (exact) mass is 188 g/mol. The number of ether oxygens (including phenoxy) is 1. The first-order valence-electron chi connectivity index (χ1n) is 4.71. The van der Waals surface area contributed by atoms with Crippen LogP contribution in [0.25, 0.3) is 0 Å². The van der Waals surface area contributed by atoms with E-state index in [4.69, 9.17) is 9.84 Å². The summed E-state index contributed by atoms with van der Waals surface area (Å²) in [6.45, 7) is 8.67. The molecule has 0 fully saturated rings. The fourth-order valence-electron chi connectivity index (χ4n) is 0.871. The molecule has 0 aliphatic rings. The molecule has 0 rings (SSSR count). The lowest BCUT2D eigenvalue weighted by Gasteiger charge is -2.19. The topological polar surface area (TPSA) is 46.5 Å². The summed E-state index contributed by atoms with van der Waals surface area (Å²) in [6, 6.07) is 0. The normalized spacial score (nSPS) is 14.2. The smallest absolute Gasteiger partial charge is 0.332 e. The van der Waals surface area contributed by atoms with Crippen LogP contribution in [0.15, 0.2) is 0 Å². The molecule has 1 N–H and O–H groups in total. The largest absolute Gasteiger partial charge is 0.479 e. The molecule has 0 aromatic rings. The predicted molar refractivity (Wildman–Crippen MR) is 51.7 cm³/mol. The van der Waals surface area contributed by atoms with Crippen molar-refractivity contribution >= 4 is 5.97 Å². The molecule has 1 atom stereocenters. The van der Waals surface area contributed by atoms with E-state index in [-0.39, 0.29) is 5.41 Å². The Hall–Kier alpha value is -0.570. The highest BCUT2D eigenvalue weighted by molar-refractivity contribution is 5.72. The lowest BCUT2D eigenvalue weighted by Crippen LogP contribution is -2.24. The maximum Gasteiger partial charge on any atom is 0.332 e. The van der Waals surface area contributed by atoms with E-state index in [1.165, 1.54) is 0 Å². The molecular formula is C10H20O3. The molecular weight excluding hydrogens is 168 g/mol. The summed E-state index contributed by atoms with van der Waals surface area (Å²) in [7, 11) is 0. The highest BCUT2D eigenvalue weighted by Crippen LogP contribution is 2.18. The molecule has 0 aliphatic heterocycles. The third-order valence-electron chi connectivity index (χ3n) is 1.82. The number of rotatable bonds is 5. The quantitative estimate of drug-likeness (QED) is 0.720. The van der Waals surface area contributed by atoms with Crippen molar-refractivity contribution in [1.29, 1.82) is 0 Å². The van der Waals surface area contributed by atoms with E-state index in [0.29, 0.717) is 13.0 Å². The minimum atomic E-state index is -0.864. The van der Waals surface area contributed by atoms with Crippen LogP contribution in [0.4, 0.5) is 0 Å². The summed E-state index contributed by atoms with van der Waals surface area (Å²) in [4.78, 5) is 10.6. The van der Waals surface area contributed by atoms with Crippen molar-refractivity contribution in [3.8, 4) is 0 Å². The molecule has 0 aromatic heterocycles. The predicted octanol–water partition coefficient (Wildman–Crippen LogP) is 2.30. The minimum Gasteiger partial charge on any atom is -0.479 e. The molecule has 0 heterocycles. The first kappa shape index (κ1) is 12.4. The average molecular weight is 188 g/mol. The number of carbonyl (C=O) groups is 1. The number of carboxylic acids is 1. The third kappa shape index (κ3) is 6.58. The van der Waals surface area contributed by atoms with Gasteiger partial charge in [0.1, 0.15) is 0 Å². The standard InChI is InChI=1S/C10H20O3/c1-5-8(9(11)12)13-7-6-10(2,3)4/h8H,5-7H2,1-4H3,(H,11,12). The van der Waals surface area contributed by atoms with E-state index in [0.717, 1.165) is 6.42 Å². The van der Waals surface area contributed by atoms with Gasteiger partial charge < -0.3 is 9.84 Å². The van der Waals surface area contributed by atoms with E-state index in [9.17, 15) is 4.79 Å². The second-order valence-corrected chi connectivity index (χ2v) is 4.42. The summed E-state index contributed by atoms with van der Waals surface area (Å²) >= 11 is 0. The first-order valence-corrected chi connectivity index (χ1v) is 4.71. The third-order valence-corrected chi connectivity index (χ3v) is 1.82. The Morgan fingerprint density at radius 1 is 1.46 bits per heavy atom. The molecule has 0 saturated carbocycles. The van der Waals surface area contributed by atoms with Gasteiger partial charge in [0.25, 0.3) is 0 Å². The molecule has 13 heavy (non-hydrogen) atoms. The van der Waals surface area contributed by atoms with Gasteiger partial charge in [-0.15, -0.1) is 0 Å². The maximum absolute atomic E-state index is 10.6. The molecule has 3 nitrogen and oxygen atoms in total. The lowest BCUT2D eigenvalue weighted by atomic mass is 9.93. The van der Waals surface area contributed by atoms with Crippen molar-refractivity contribution in [1.82, 2.24) is 0 Å². The lowest BCUT2D eigenvalue weighted by molar-refractivity contribution is -0.151. The Morgan fingerprint density at radius 2 is 2.00 bits per heavy atom. The van der Waals surface area contributed by atoms with Crippen molar-refractivity contribution in [2.75, 3.05) is 6.61 Å². The van der Waals surface area contributed by atoms with Crippen LogP contribution in [-0.4, -0.2) is 23.8 Å². The number of hydrogen-bond donors (Lipinski definition) is 1. The first-order chi connectivity index (χ1) is 5.87. The second-order valence-electron chi connectivity index (χ2n) is 4.42. The number of carboxylic acid groups (broad SMARTS) is 1. The molecule has 0 radical (unpaired) electrons. The average Bonchev–Trinajstić information content (AvgIpc) is 1.95. The zero-order valence-corrected chi connectivity index (χ0v) is 8.96. The Bertz CT molecular complexity index is 158. The second kappa shape index (κ2) is 5.22. The van der Waals surface area contributed by atoms with Crippen molar-refractivity contribution in [3.63, 3.8) is 0 Å². The van der Waals surface area contributed by atoms with Gasteiger partial charge >= 0.3 is 5.97 Å². The van der Waals surface area contributed by atoms with Gasteiger partial charge in [-0.1, -0.05) is 27.7 Å². The maximum atomic E-state index is 10.6. The Balaban J connectivity index is 3.68. The highest BCUT2D eigenvalue weighted by atomic mass is 16.5. The van der Waals surface area contributed by atoms with E-state index in [1.807, 2.05) is 6.92 Å². The molecule has 0 bridgehead atoms. The van der Waals surface area contributed by atoms with Crippen molar-refractivity contribution in [2.24, 2.45) is 5.41 Å². The minimum absolute atomic E-state index is 0.205. The molecule has 78 valence electrons. The van der Waals surface area contributed by atoms with Crippen LogP contribution >= 0.6 is 0 Å². The molecule has 0 amide bonds.